The van der Waals surface area contributed by atoms with Gasteiger partial charge in [-0.15, -0.1) is 0 Å². The van der Waals surface area contributed by atoms with Crippen molar-refractivity contribution >= 4 is 29.1 Å². The zero-order chi connectivity index (χ0) is 21.8. The van der Waals surface area contributed by atoms with Crippen LogP contribution >= 0.6 is 11.6 Å². The summed E-state index contributed by atoms with van der Waals surface area (Å²) in [6.45, 7) is 6.04. The molecule has 0 saturated carbocycles. The number of amides is 2. The summed E-state index contributed by atoms with van der Waals surface area (Å²) < 4.78 is 1.75. The van der Waals surface area contributed by atoms with E-state index >= 15 is 0 Å². The zero-order valence-electron chi connectivity index (χ0n) is 17.5. The molecule has 7 heteroatoms. The summed E-state index contributed by atoms with van der Waals surface area (Å²) in [5, 5.41) is 8.00. The van der Waals surface area contributed by atoms with Crippen molar-refractivity contribution in [3.63, 3.8) is 0 Å². The molecule has 0 aliphatic carbocycles. The molecule has 0 bridgehead atoms. The van der Waals surface area contributed by atoms with Crippen LogP contribution in [0.15, 0.2) is 54.7 Å². The monoisotopic (exact) mass is 424 g/mol. The minimum Gasteiger partial charge on any atom is -0.342 e. The molecule has 30 heavy (non-hydrogen) atoms. The van der Waals surface area contributed by atoms with Crippen molar-refractivity contribution < 1.29 is 9.59 Å². The second kappa shape index (κ2) is 9.13. The van der Waals surface area contributed by atoms with Crippen molar-refractivity contribution in [1.82, 2.24) is 14.7 Å². The molecule has 1 aromatic heterocycles. The largest absolute Gasteiger partial charge is 0.342 e. The van der Waals surface area contributed by atoms with Gasteiger partial charge in [-0.1, -0.05) is 43.6 Å². The standard InChI is InChI=1S/C23H25ClN4O2/c1-15(2)22-21(13-25-28(22)20-10-6-8-18(24)12-20)23(30)26-19-9-5-7-17(11-19)14-27(4)16(3)29/h5-13,15H,14H2,1-4H3,(H,26,30). The molecule has 156 valence electrons. The number of rotatable bonds is 6. The summed E-state index contributed by atoms with van der Waals surface area (Å²) in [4.78, 5) is 26.1. The molecule has 1 heterocycles. The Balaban J connectivity index is 1.87. The summed E-state index contributed by atoms with van der Waals surface area (Å²) >= 11 is 6.13. The zero-order valence-corrected chi connectivity index (χ0v) is 18.3. The molecule has 6 nitrogen and oxygen atoms in total. The van der Waals surface area contributed by atoms with E-state index in [9.17, 15) is 9.59 Å². The molecule has 3 aromatic rings. The van der Waals surface area contributed by atoms with E-state index in [1.165, 1.54) is 6.92 Å². The van der Waals surface area contributed by atoms with Crippen LogP contribution in [0, 0.1) is 0 Å². The topological polar surface area (TPSA) is 67.2 Å². The fourth-order valence-electron chi connectivity index (χ4n) is 3.23. The molecule has 0 unspecified atom stereocenters. The number of nitrogens with zero attached hydrogens (tertiary/aromatic N) is 3. The van der Waals surface area contributed by atoms with Crippen LogP contribution in [0.1, 0.15) is 48.3 Å². The molecular weight excluding hydrogens is 400 g/mol. The highest BCUT2D eigenvalue weighted by molar-refractivity contribution is 6.30. The van der Waals surface area contributed by atoms with Gasteiger partial charge in [0.25, 0.3) is 5.91 Å². The predicted molar refractivity (Wildman–Crippen MR) is 119 cm³/mol. The second-order valence-corrected chi connectivity index (χ2v) is 7.96. The molecule has 0 spiro atoms. The van der Waals surface area contributed by atoms with E-state index in [1.807, 2.05) is 56.3 Å². The van der Waals surface area contributed by atoms with Gasteiger partial charge >= 0.3 is 0 Å². The number of anilines is 1. The highest BCUT2D eigenvalue weighted by Gasteiger charge is 2.21. The van der Waals surface area contributed by atoms with Gasteiger partial charge in [0, 0.05) is 31.2 Å². The summed E-state index contributed by atoms with van der Waals surface area (Å²) in [6, 6.07) is 14.8. The maximum Gasteiger partial charge on any atom is 0.259 e. The lowest BCUT2D eigenvalue weighted by atomic mass is 10.0. The Morgan fingerprint density at radius 2 is 1.90 bits per heavy atom. The van der Waals surface area contributed by atoms with Crippen LogP contribution < -0.4 is 5.32 Å². The summed E-state index contributed by atoms with van der Waals surface area (Å²) in [7, 11) is 1.74. The quantitative estimate of drug-likeness (QED) is 0.613. The fourth-order valence-corrected chi connectivity index (χ4v) is 3.42. The van der Waals surface area contributed by atoms with Crippen LogP contribution in [-0.4, -0.2) is 33.5 Å². The molecule has 0 saturated heterocycles. The maximum atomic E-state index is 13.0. The second-order valence-electron chi connectivity index (χ2n) is 7.52. The average molecular weight is 425 g/mol. The SMILES string of the molecule is CC(=O)N(C)Cc1cccc(NC(=O)c2cnn(-c3cccc(Cl)c3)c2C(C)C)c1. The van der Waals surface area contributed by atoms with E-state index < -0.39 is 0 Å². The van der Waals surface area contributed by atoms with Gasteiger partial charge < -0.3 is 10.2 Å². The number of aromatic nitrogens is 2. The van der Waals surface area contributed by atoms with Gasteiger partial charge in [-0.2, -0.15) is 5.10 Å². The molecule has 0 fully saturated rings. The van der Waals surface area contributed by atoms with Crippen LogP contribution in [0.25, 0.3) is 5.69 Å². The molecule has 0 atom stereocenters. The Labute approximate surface area is 181 Å². The van der Waals surface area contributed by atoms with Crippen LogP contribution in [0.3, 0.4) is 0 Å². The molecule has 2 amide bonds. The van der Waals surface area contributed by atoms with E-state index in [0.29, 0.717) is 22.8 Å². The van der Waals surface area contributed by atoms with Gasteiger partial charge in [-0.25, -0.2) is 4.68 Å². The third-order valence-electron chi connectivity index (χ3n) is 4.79. The number of benzene rings is 2. The molecule has 0 aliphatic rings. The first kappa shape index (κ1) is 21.6. The lowest BCUT2D eigenvalue weighted by Gasteiger charge is -2.16. The van der Waals surface area contributed by atoms with Gasteiger partial charge in [0.2, 0.25) is 5.91 Å². The molecular formula is C23H25ClN4O2. The Morgan fingerprint density at radius 3 is 2.57 bits per heavy atom. The lowest BCUT2D eigenvalue weighted by molar-refractivity contribution is -0.128. The summed E-state index contributed by atoms with van der Waals surface area (Å²) in [6.07, 6.45) is 1.58. The van der Waals surface area contributed by atoms with Gasteiger partial charge in [-0.3, -0.25) is 9.59 Å². The highest BCUT2D eigenvalue weighted by Crippen LogP contribution is 2.25. The molecule has 1 N–H and O–H groups in total. The van der Waals surface area contributed by atoms with Crippen molar-refractivity contribution in [3.05, 3.63) is 76.6 Å². The minimum absolute atomic E-state index is 0.0144. The van der Waals surface area contributed by atoms with E-state index in [0.717, 1.165) is 16.9 Å². The van der Waals surface area contributed by atoms with Crippen molar-refractivity contribution in [2.75, 3.05) is 12.4 Å². The van der Waals surface area contributed by atoms with E-state index in [2.05, 4.69) is 10.4 Å². The first-order valence-electron chi connectivity index (χ1n) is 9.72. The van der Waals surface area contributed by atoms with Crippen molar-refractivity contribution in [2.24, 2.45) is 0 Å². The van der Waals surface area contributed by atoms with E-state index in [4.69, 9.17) is 11.6 Å². The van der Waals surface area contributed by atoms with Crippen LogP contribution in [0.4, 0.5) is 5.69 Å². The van der Waals surface area contributed by atoms with E-state index in [1.54, 1.807) is 28.9 Å². The molecule has 0 radical (unpaired) electrons. The molecule has 2 aromatic carbocycles. The van der Waals surface area contributed by atoms with E-state index in [-0.39, 0.29) is 17.7 Å². The van der Waals surface area contributed by atoms with Crippen LogP contribution in [0.2, 0.25) is 5.02 Å². The number of nitrogens with one attached hydrogen (secondary N) is 1. The Kier molecular flexibility index (Phi) is 6.57. The minimum atomic E-state index is -0.232. The highest BCUT2D eigenvalue weighted by atomic mass is 35.5. The third-order valence-corrected chi connectivity index (χ3v) is 5.03. The number of hydrogen-bond acceptors (Lipinski definition) is 3. The van der Waals surface area contributed by atoms with Crippen molar-refractivity contribution in [2.45, 2.75) is 33.2 Å². The predicted octanol–water partition coefficient (Wildman–Crippen LogP) is 4.88. The van der Waals surface area contributed by atoms with Crippen molar-refractivity contribution in [1.29, 1.82) is 0 Å². The number of carbonyl (C=O) groups is 2. The molecule has 0 aliphatic heterocycles. The summed E-state index contributed by atoms with van der Waals surface area (Å²) in [5.74, 6) is -0.175. The van der Waals surface area contributed by atoms with Gasteiger partial charge in [0.05, 0.1) is 23.1 Å². The third kappa shape index (κ3) is 4.89. The average Bonchev–Trinajstić information content (AvgIpc) is 3.14. The first-order valence-corrected chi connectivity index (χ1v) is 10.1. The smallest absolute Gasteiger partial charge is 0.259 e. The van der Waals surface area contributed by atoms with Gasteiger partial charge in [-0.05, 0) is 41.8 Å². The normalized spacial score (nSPS) is 10.9. The van der Waals surface area contributed by atoms with Crippen molar-refractivity contribution in [3.8, 4) is 5.69 Å². The Hall–Kier alpha value is -3.12. The molecule has 3 rings (SSSR count). The number of hydrogen-bond donors (Lipinski definition) is 1. The Morgan fingerprint density at radius 1 is 1.17 bits per heavy atom. The van der Waals surface area contributed by atoms with Gasteiger partial charge in [0.15, 0.2) is 0 Å². The van der Waals surface area contributed by atoms with Crippen LogP contribution in [-0.2, 0) is 11.3 Å². The number of halogens is 1. The maximum absolute atomic E-state index is 13.0. The van der Waals surface area contributed by atoms with Gasteiger partial charge in [0.1, 0.15) is 0 Å². The first-order chi connectivity index (χ1) is 14.3. The fraction of sp³-hybridized carbons (Fsp3) is 0.261. The Bertz CT molecular complexity index is 1070. The van der Waals surface area contributed by atoms with Crippen LogP contribution in [0.5, 0.6) is 0 Å². The summed E-state index contributed by atoms with van der Waals surface area (Å²) in [5.41, 5.74) is 3.72. The lowest BCUT2D eigenvalue weighted by Crippen LogP contribution is -2.23. The number of carbonyl (C=O) groups excluding carboxylic acids is 2.